The van der Waals surface area contributed by atoms with Crippen molar-refractivity contribution < 1.29 is 13.7 Å². The standard InChI is InChI=1S/C3H2Cl3NO3S/c4-3(5,6)1-10-2(8)7-11-9/h1H2. The second-order valence-corrected chi connectivity index (χ2v) is 4.18. The normalized spacial score (nSPS) is 10.5. The number of nitrogens with zero attached hydrogens (tertiary/aromatic N) is 1. The van der Waals surface area contributed by atoms with E-state index < -0.39 is 16.5 Å². The lowest BCUT2D eigenvalue weighted by Crippen LogP contribution is -2.14. The second-order valence-electron chi connectivity index (χ2n) is 1.34. The van der Waals surface area contributed by atoms with Gasteiger partial charge in [-0.1, -0.05) is 39.2 Å². The van der Waals surface area contributed by atoms with E-state index in [4.69, 9.17) is 34.8 Å². The zero-order valence-corrected chi connectivity index (χ0v) is 8.01. The van der Waals surface area contributed by atoms with Crippen LogP contribution in [0, 0.1) is 0 Å². The Morgan fingerprint density at radius 3 is 2.45 bits per heavy atom. The van der Waals surface area contributed by atoms with Gasteiger partial charge in [-0.2, -0.15) is 4.21 Å². The molecule has 0 aliphatic rings. The molecule has 0 rings (SSSR count). The van der Waals surface area contributed by atoms with Gasteiger partial charge in [0.1, 0.15) is 6.61 Å². The lowest BCUT2D eigenvalue weighted by molar-refractivity contribution is 0.160. The Labute approximate surface area is 81.0 Å². The summed E-state index contributed by atoms with van der Waals surface area (Å²) in [5.41, 5.74) is 0. The number of rotatable bonds is 1. The smallest absolute Gasteiger partial charge is 0.443 e. The Morgan fingerprint density at radius 2 is 2.09 bits per heavy atom. The van der Waals surface area contributed by atoms with E-state index >= 15 is 0 Å². The third kappa shape index (κ3) is 8.06. The maximum atomic E-state index is 10.3. The average molecular weight is 238 g/mol. The molecule has 0 saturated carbocycles. The molecule has 0 N–H and O–H groups in total. The first-order chi connectivity index (χ1) is 4.95. The van der Waals surface area contributed by atoms with Gasteiger partial charge in [0, 0.05) is 0 Å². The highest BCUT2D eigenvalue weighted by atomic mass is 35.6. The van der Waals surface area contributed by atoms with Gasteiger partial charge in [-0.25, -0.2) is 4.79 Å². The summed E-state index contributed by atoms with van der Waals surface area (Å²) in [6.07, 6.45) is -1.06. The zero-order chi connectivity index (χ0) is 8.91. The maximum absolute atomic E-state index is 10.3. The van der Waals surface area contributed by atoms with Crippen LogP contribution in [-0.2, 0) is 16.2 Å². The molecule has 0 radical (unpaired) electrons. The summed E-state index contributed by atoms with van der Waals surface area (Å²) in [4.78, 5) is 10.3. The number of alkyl halides is 3. The molecule has 0 aliphatic heterocycles. The van der Waals surface area contributed by atoms with Crippen LogP contribution in [0.5, 0.6) is 0 Å². The first kappa shape index (κ1) is 11.2. The molecule has 0 aromatic rings. The summed E-state index contributed by atoms with van der Waals surface area (Å²) < 4.78 is 14.9. The lowest BCUT2D eigenvalue weighted by Gasteiger charge is -2.08. The van der Waals surface area contributed by atoms with Crippen LogP contribution in [0.2, 0.25) is 0 Å². The molecule has 11 heavy (non-hydrogen) atoms. The topological polar surface area (TPSA) is 55.7 Å². The van der Waals surface area contributed by atoms with Gasteiger partial charge in [-0.3, -0.25) is 0 Å². The highest BCUT2D eigenvalue weighted by molar-refractivity contribution is 7.55. The van der Waals surface area contributed by atoms with Crippen molar-refractivity contribution in [2.24, 2.45) is 4.36 Å². The van der Waals surface area contributed by atoms with Gasteiger partial charge in [0.05, 0.1) is 0 Å². The number of hydrogen-bond donors (Lipinski definition) is 0. The molecule has 0 unspecified atom stereocenters. The molecule has 0 aromatic heterocycles. The summed E-state index contributed by atoms with van der Waals surface area (Å²) in [6, 6.07) is 0. The quantitative estimate of drug-likeness (QED) is 0.656. The first-order valence-corrected chi connectivity index (χ1v) is 4.02. The van der Waals surface area contributed by atoms with Crippen molar-refractivity contribution in [1.29, 1.82) is 0 Å². The minimum absolute atomic E-state index is 0.268. The van der Waals surface area contributed by atoms with Crippen LogP contribution in [0.4, 0.5) is 4.79 Å². The molecular formula is C3H2Cl3NO3S. The van der Waals surface area contributed by atoms with Gasteiger partial charge in [-0.15, -0.1) is 0 Å². The van der Waals surface area contributed by atoms with Gasteiger partial charge in [0.2, 0.25) is 15.3 Å². The largest absolute Gasteiger partial charge is 0.447 e. The lowest BCUT2D eigenvalue weighted by atomic mass is 10.8. The van der Waals surface area contributed by atoms with Crippen LogP contribution in [0.1, 0.15) is 0 Å². The summed E-state index contributed by atoms with van der Waals surface area (Å²) in [6.45, 7) is -0.430. The fraction of sp³-hybridized carbons (Fsp3) is 0.667. The first-order valence-electron chi connectivity index (χ1n) is 2.19. The van der Waals surface area contributed by atoms with Crippen LogP contribution < -0.4 is 0 Å². The molecule has 1 amide bonds. The minimum Gasteiger partial charge on any atom is -0.443 e. The average Bonchev–Trinajstić information content (AvgIpc) is 1.83. The Kier molecular flexibility index (Phi) is 4.99. The molecule has 0 heterocycles. The molecule has 0 fully saturated rings. The predicted molar refractivity (Wildman–Crippen MR) is 42.2 cm³/mol. The Bertz CT molecular complexity index is 196. The monoisotopic (exact) mass is 237 g/mol. The van der Waals surface area contributed by atoms with Crippen molar-refractivity contribution in [3.8, 4) is 0 Å². The third-order valence-electron chi connectivity index (χ3n) is 0.471. The Hall–Kier alpha value is 0.160. The van der Waals surface area contributed by atoms with Gasteiger partial charge in [-0.05, 0) is 0 Å². The van der Waals surface area contributed by atoms with E-state index in [0.29, 0.717) is 0 Å². The Morgan fingerprint density at radius 1 is 1.55 bits per heavy atom. The minimum atomic E-state index is -1.67. The number of hydrogen-bond acceptors (Lipinski definition) is 3. The van der Waals surface area contributed by atoms with E-state index in [1.165, 1.54) is 0 Å². The number of carbonyl (C=O) groups excluding carboxylic acids is 1. The van der Waals surface area contributed by atoms with Crippen molar-refractivity contribution in [2.45, 2.75) is 3.79 Å². The second kappa shape index (κ2) is 4.92. The molecule has 0 aromatic carbocycles. The zero-order valence-electron chi connectivity index (χ0n) is 4.92. The van der Waals surface area contributed by atoms with E-state index in [9.17, 15) is 9.00 Å². The fourth-order valence-corrected chi connectivity index (χ4v) is 0.478. The number of amides is 1. The molecular weight excluding hydrogens is 236 g/mol. The molecule has 64 valence electrons. The number of ether oxygens (including phenoxy) is 1. The van der Waals surface area contributed by atoms with Crippen molar-refractivity contribution >= 4 is 52.4 Å². The van der Waals surface area contributed by atoms with E-state index in [2.05, 4.69) is 9.10 Å². The predicted octanol–water partition coefficient (Wildman–Crippen LogP) is 1.89. The molecule has 4 nitrogen and oxygen atoms in total. The van der Waals surface area contributed by atoms with Crippen LogP contribution in [0.25, 0.3) is 0 Å². The van der Waals surface area contributed by atoms with E-state index in [1.807, 2.05) is 0 Å². The van der Waals surface area contributed by atoms with Gasteiger partial charge in [0.15, 0.2) is 0 Å². The van der Waals surface area contributed by atoms with Crippen LogP contribution in [-0.4, -0.2) is 20.7 Å². The molecule has 0 atom stereocenters. The van der Waals surface area contributed by atoms with Gasteiger partial charge in [0.25, 0.3) is 0 Å². The highest BCUT2D eigenvalue weighted by Crippen LogP contribution is 2.25. The van der Waals surface area contributed by atoms with E-state index in [-0.39, 0.29) is 11.5 Å². The highest BCUT2D eigenvalue weighted by Gasteiger charge is 2.21. The van der Waals surface area contributed by atoms with Gasteiger partial charge >= 0.3 is 6.09 Å². The van der Waals surface area contributed by atoms with Crippen molar-refractivity contribution in [1.82, 2.24) is 0 Å². The van der Waals surface area contributed by atoms with Crippen LogP contribution in [0.15, 0.2) is 4.36 Å². The third-order valence-corrected chi connectivity index (χ3v) is 1.02. The van der Waals surface area contributed by atoms with Crippen molar-refractivity contribution in [2.75, 3.05) is 6.61 Å². The molecule has 0 saturated heterocycles. The fourth-order valence-electron chi connectivity index (χ4n) is 0.200. The summed E-state index contributed by atoms with van der Waals surface area (Å²) in [7, 11) is 0. The molecule has 0 bridgehead atoms. The molecule has 0 spiro atoms. The van der Waals surface area contributed by atoms with Crippen molar-refractivity contribution in [3.05, 3.63) is 0 Å². The summed E-state index contributed by atoms with van der Waals surface area (Å²) >= 11 is 15.3. The van der Waals surface area contributed by atoms with Crippen LogP contribution >= 0.6 is 34.8 Å². The molecule has 0 aliphatic carbocycles. The van der Waals surface area contributed by atoms with Crippen LogP contribution in [0.3, 0.4) is 0 Å². The summed E-state index contributed by atoms with van der Waals surface area (Å²) in [5, 5.41) is 0. The van der Waals surface area contributed by atoms with Crippen molar-refractivity contribution in [3.63, 3.8) is 0 Å². The number of halogens is 3. The van der Waals surface area contributed by atoms with E-state index in [0.717, 1.165) is 0 Å². The molecule has 8 heteroatoms. The van der Waals surface area contributed by atoms with E-state index in [1.54, 1.807) is 0 Å². The summed E-state index contributed by atoms with van der Waals surface area (Å²) in [5.74, 6) is 0. The SMILES string of the molecule is O=S=NC(=O)OCC(Cl)(Cl)Cl. The Balaban J connectivity index is 3.72. The number of carbonyl (C=O) groups is 1. The maximum Gasteiger partial charge on any atom is 0.447 e. The van der Waals surface area contributed by atoms with Gasteiger partial charge < -0.3 is 4.74 Å².